The Morgan fingerprint density at radius 3 is 2.15 bits per heavy atom. The molecule has 1 aromatic carbocycles. The maximum atomic E-state index is 10.8. The van der Waals surface area contributed by atoms with Crippen molar-refractivity contribution in [2.75, 3.05) is 13.1 Å². The molecule has 3 heteroatoms. The van der Waals surface area contributed by atoms with Crippen molar-refractivity contribution in [3.05, 3.63) is 35.4 Å². The van der Waals surface area contributed by atoms with Gasteiger partial charge in [-0.25, -0.2) is 0 Å². The third-order valence-electron chi connectivity index (χ3n) is 3.37. The van der Waals surface area contributed by atoms with Gasteiger partial charge in [-0.3, -0.25) is 0 Å². The van der Waals surface area contributed by atoms with Crippen LogP contribution in [-0.2, 0) is 16.8 Å². The van der Waals surface area contributed by atoms with E-state index in [9.17, 15) is 9.90 Å². The second-order valence-corrected chi connectivity index (χ2v) is 7.02. The Labute approximate surface area is 122 Å². The highest BCUT2D eigenvalue weighted by atomic mass is 16.4. The molecule has 0 saturated carbocycles. The Morgan fingerprint density at radius 1 is 1.20 bits per heavy atom. The van der Waals surface area contributed by atoms with Gasteiger partial charge < -0.3 is 14.8 Å². The number of aliphatic carboxylic acids is 1. The summed E-state index contributed by atoms with van der Waals surface area (Å²) in [6, 6.07) is 8.50. The molecule has 20 heavy (non-hydrogen) atoms. The van der Waals surface area contributed by atoms with Crippen LogP contribution in [0.5, 0.6) is 0 Å². The molecular formula is C17H27NO2. The predicted octanol–water partition coefficient (Wildman–Crippen LogP) is 0.775. The van der Waals surface area contributed by atoms with E-state index in [1.54, 1.807) is 0 Å². The molecule has 3 nitrogen and oxygen atoms in total. The van der Waals surface area contributed by atoms with Crippen LogP contribution in [-0.4, -0.2) is 19.1 Å². The number of quaternary nitrogens is 1. The Morgan fingerprint density at radius 2 is 1.75 bits per heavy atom. The normalized spacial score (nSPS) is 13.5. The minimum absolute atomic E-state index is 0.0687. The zero-order chi connectivity index (χ0) is 15.3. The lowest BCUT2D eigenvalue weighted by Crippen LogP contribution is -3.12. The molecule has 1 unspecified atom stereocenters. The van der Waals surface area contributed by atoms with E-state index >= 15 is 0 Å². The summed E-state index contributed by atoms with van der Waals surface area (Å²) in [5.41, 5.74) is 2.62. The van der Waals surface area contributed by atoms with E-state index in [0.717, 1.165) is 18.0 Å². The van der Waals surface area contributed by atoms with Gasteiger partial charge in [0.2, 0.25) is 0 Å². The van der Waals surface area contributed by atoms with Crippen LogP contribution < -0.4 is 10.0 Å². The highest BCUT2D eigenvalue weighted by Crippen LogP contribution is 2.21. The van der Waals surface area contributed by atoms with Crippen molar-refractivity contribution in [3.8, 4) is 0 Å². The summed E-state index contributed by atoms with van der Waals surface area (Å²) in [5, 5.41) is 10.8. The lowest BCUT2D eigenvalue weighted by atomic mass is 9.87. The fourth-order valence-electron chi connectivity index (χ4n) is 2.40. The molecule has 0 heterocycles. The SMILES string of the molecule is CC(C)C[NH+](CC(=O)[O-])Cc1ccc(C(C)(C)C)cc1. The summed E-state index contributed by atoms with van der Waals surface area (Å²) in [6.07, 6.45) is 0. The van der Waals surface area contributed by atoms with Crippen molar-refractivity contribution < 1.29 is 14.8 Å². The maximum absolute atomic E-state index is 10.8. The number of carbonyl (C=O) groups excluding carboxylic acids is 1. The average Bonchev–Trinajstić information content (AvgIpc) is 2.26. The molecule has 1 aromatic rings. The van der Waals surface area contributed by atoms with Gasteiger partial charge in [0.05, 0.1) is 12.5 Å². The first-order chi connectivity index (χ1) is 9.18. The van der Waals surface area contributed by atoms with E-state index in [1.807, 2.05) is 0 Å². The van der Waals surface area contributed by atoms with Gasteiger partial charge in [0.1, 0.15) is 13.1 Å². The zero-order valence-electron chi connectivity index (χ0n) is 13.3. The topological polar surface area (TPSA) is 44.6 Å². The maximum Gasteiger partial charge on any atom is 0.118 e. The molecular weight excluding hydrogens is 250 g/mol. The molecule has 1 N–H and O–H groups in total. The Kier molecular flexibility index (Phi) is 5.75. The molecule has 1 rings (SSSR count). The van der Waals surface area contributed by atoms with Crippen LogP contribution in [0.1, 0.15) is 45.7 Å². The van der Waals surface area contributed by atoms with E-state index in [2.05, 4.69) is 58.9 Å². The summed E-state index contributed by atoms with van der Waals surface area (Å²) in [5.74, 6) is -0.509. The zero-order valence-corrected chi connectivity index (χ0v) is 13.3. The number of carboxylic acid groups (broad SMARTS) is 1. The lowest BCUT2D eigenvalue weighted by Gasteiger charge is -2.23. The van der Waals surface area contributed by atoms with Gasteiger partial charge in [-0.15, -0.1) is 0 Å². The van der Waals surface area contributed by atoms with Crippen molar-refractivity contribution in [2.24, 2.45) is 5.92 Å². The van der Waals surface area contributed by atoms with Crippen molar-refractivity contribution in [2.45, 2.75) is 46.6 Å². The number of hydrogen-bond acceptors (Lipinski definition) is 2. The summed E-state index contributed by atoms with van der Waals surface area (Å²) >= 11 is 0. The van der Waals surface area contributed by atoms with Gasteiger partial charge in [0.25, 0.3) is 0 Å². The van der Waals surface area contributed by atoms with Crippen LogP contribution in [0.4, 0.5) is 0 Å². The molecule has 0 aliphatic heterocycles. The second-order valence-electron chi connectivity index (χ2n) is 7.02. The van der Waals surface area contributed by atoms with E-state index in [-0.39, 0.29) is 12.0 Å². The fraction of sp³-hybridized carbons (Fsp3) is 0.588. The smallest absolute Gasteiger partial charge is 0.118 e. The summed E-state index contributed by atoms with van der Waals surface area (Å²) < 4.78 is 0. The third kappa shape index (κ3) is 5.74. The first-order valence-electron chi connectivity index (χ1n) is 7.31. The molecule has 0 bridgehead atoms. The Hall–Kier alpha value is -1.35. The van der Waals surface area contributed by atoms with Gasteiger partial charge >= 0.3 is 0 Å². The van der Waals surface area contributed by atoms with Crippen LogP contribution in [0.3, 0.4) is 0 Å². The predicted molar refractivity (Wildman–Crippen MR) is 79.4 cm³/mol. The molecule has 0 aromatic heterocycles. The number of carbonyl (C=O) groups is 1. The quantitative estimate of drug-likeness (QED) is 0.835. The van der Waals surface area contributed by atoms with Gasteiger partial charge in [0, 0.05) is 11.5 Å². The lowest BCUT2D eigenvalue weighted by molar-refractivity contribution is -0.911. The number of rotatable bonds is 6. The van der Waals surface area contributed by atoms with E-state index in [1.165, 1.54) is 11.1 Å². The first kappa shape index (κ1) is 16.7. The molecule has 0 saturated heterocycles. The molecule has 1 atom stereocenters. The van der Waals surface area contributed by atoms with Crippen LogP contribution in [0.2, 0.25) is 0 Å². The number of benzene rings is 1. The highest BCUT2D eigenvalue weighted by Gasteiger charge is 2.15. The molecule has 0 amide bonds. The van der Waals surface area contributed by atoms with Gasteiger partial charge in [-0.05, 0) is 11.0 Å². The fourth-order valence-corrected chi connectivity index (χ4v) is 2.40. The number of carboxylic acids is 1. The van der Waals surface area contributed by atoms with Crippen molar-refractivity contribution in [1.82, 2.24) is 0 Å². The minimum atomic E-state index is -0.980. The minimum Gasteiger partial charge on any atom is -0.544 e. The van der Waals surface area contributed by atoms with Crippen LogP contribution in [0.15, 0.2) is 24.3 Å². The second kappa shape index (κ2) is 6.89. The van der Waals surface area contributed by atoms with E-state index < -0.39 is 5.97 Å². The van der Waals surface area contributed by atoms with Crippen LogP contribution >= 0.6 is 0 Å². The van der Waals surface area contributed by atoms with Crippen LogP contribution in [0, 0.1) is 5.92 Å². The number of hydrogen-bond donors (Lipinski definition) is 1. The molecule has 0 aliphatic rings. The molecule has 0 fully saturated rings. The molecule has 0 radical (unpaired) electrons. The van der Waals surface area contributed by atoms with Gasteiger partial charge in [0.15, 0.2) is 0 Å². The average molecular weight is 277 g/mol. The third-order valence-corrected chi connectivity index (χ3v) is 3.37. The molecule has 0 aliphatic carbocycles. The summed E-state index contributed by atoms with van der Waals surface area (Å²) in [6.45, 7) is 12.4. The Bertz CT molecular complexity index is 429. The Balaban J connectivity index is 2.75. The van der Waals surface area contributed by atoms with Crippen LogP contribution in [0.25, 0.3) is 0 Å². The number of nitrogens with one attached hydrogen (secondary N) is 1. The van der Waals surface area contributed by atoms with Gasteiger partial charge in [-0.2, -0.15) is 0 Å². The molecule has 0 spiro atoms. The van der Waals surface area contributed by atoms with Crippen molar-refractivity contribution >= 4 is 5.97 Å². The molecule has 112 valence electrons. The van der Waals surface area contributed by atoms with Crippen molar-refractivity contribution in [1.29, 1.82) is 0 Å². The van der Waals surface area contributed by atoms with Crippen molar-refractivity contribution in [3.63, 3.8) is 0 Å². The largest absolute Gasteiger partial charge is 0.544 e. The summed E-state index contributed by atoms with van der Waals surface area (Å²) in [4.78, 5) is 11.9. The standard InChI is InChI=1S/C17H27NO2/c1-13(2)10-18(12-16(19)20)11-14-6-8-15(9-7-14)17(3,4)5/h6-9,13H,10-12H2,1-5H3,(H,19,20). The van der Waals surface area contributed by atoms with E-state index in [0.29, 0.717) is 5.92 Å². The van der Waals surface area contributed by atoms with Gasteiger partial charge in [-0.1, -0.05) is 58.9 Å². The first-order valence-corrected chi connectivity index (χ1v) is 7.31. The summed E-state index contributed by atoms with van der Waals surface area (Å²) in [7, 11) is 0. The monoisotopic (exact) mass is 277 g/mol. The highest BCUT2D eigenvalue weighted by molar-refractivity contribution is 5.65. The van der Waals surface area contributed by atoms with E-state index in [4.69, 9.17) is 0 Å².